The summed E-state index contributed by atoms with van der Waals surface area (Å²) in [5.41, 5.74) is 0.731. The maximum absolute atomic E-state index is 12.8. The van der Waals surface area contributed by atoms with E-state index >= 15 is 0 Å². The van der Waals surface area contributed by atoms with E-state index in [2.05, 4.69) is 15.7 Å². The summed E-state index contributed by atoms with van der Waals surface area (Å²) >= 11 is 0. The number of halogens is 1. The van der Waals surface area contributed by atoms with Crippen molar-refractivity contribution < 1.29 is 18.9 Å². The van der Waals surface area contributed by atoms with Crippen LogP contribution < -0.4 is 10.6 Å². The molecule has 0 atom stereocenters. The average Bonchev–Trinajstić information content (AvgIpc) is 2.81. The van der Waals surface area contributed by atoms with Crippen LogP contribution in [0.1, 0.15) is 11.4 Å². The number of nitrogens with zero attached hydrogens (tertiary/aromatic N) is 3. The Morgan fingerprint density at radius 2 is 1.88 bits per heavy atom. The Balaban J connectivity index is 1.88. The van der Waals surface area contributed by atoms with Crippen LogP contribution >= 0.6 is 0 Å². The number of hydrogen-bond donors (Lipinski definition) is 2. The maximum atomic E-state index is 12.8. The molecule has 10 heteroatoms. The van der Waals surface area contributed by atoms with Gasteiger partial charge < -0.3 is 10.6 Å². The number of amides is 2. The average molecular weight is 349 g/mol. The molecule has 2 aromatic rings. The molecule has 0 aliphatic carbocycles. The SMILES string of the molecule is Cc1nn(CC(=O)NCC(=O)Nc2ccc(F)cc2)c(C)c1[N+](=O)[O-]. The summed E-state index contributed by atoms with van der Waals surface area (Å²) in [5.74, 6) is -1.43. The van der Waals surface area contributed by atoms with Gasteiger partial charge in [0.25, 0.3) is 0 Å². The third-order valence-corrected chi connectivity index (χ3v) is 3.39. The predicted octanol–water partition coefficient (Wildman–Crippen LogP) is 1.30. The van der Waals surface area contributed by atoms with Gasteiger partial charge in [0.05, 0.1) is 11.5 Å². The van der Waals surface area contributed by atoms with Gasteiger partial charge in [-0.15, -0.1) is 0 Å². The van der Waals surface area contributed by atoms with Gasteiger partial charge in [-0.1, -0.05) is 0 Å². The van der Waals surface area contributed by atoms with Crippen molar-refractivity contribution in [3.8, 4) is 0 Å². The predicted molar refractivity (Wildman–Crippen MR) is 86.4 cm³/mol. The summed E-state index contributed by atoms with van der Waals surface area (Å²) in [6.45, 7) is 2.43. The first-order valence-electron chi connectivity index (χ1n) is 7.28. The number of hydrogen-bond acceptors (Lipinski definition) is 5. The summed E-state index contributed by atoms with van der Waals surface area (Å²) in [7, 11) is 0. The number of anilines is 1. The van der Waals surface area contributed by atoms with Gasteiger partial charge in [0.2, 0.25) is 11.8 Å². The van der Waals surface area contributed by atoms with Crippen molar-refractivity contribution in [2.75, 3.05) is 11.9 Å². The molecule has 0 unspecified atom stereocenters. The highest BCUT2D eigenvalue weighted by Crippen LogP contribution is 2.21. The number of aromatic nitrogens is 2. The zero-order valence-corrected chi connectivity index (χ0v) is 13.6. The fourth-order valence-electron chi connectivity index (χ4n) is 2.21. The fourth-order valence-corrected chi connectivity index (χ4v) is 2.21. The standard InChI is InChI=1S/C15H16FN5O4/c1-9-15(21(24)25)10(2)20(19-9)8-14(23)17-7-13(22)18-12-5-3-11(16)4-6-12/h3-6H,7-8H2,1-2H3,(H,17,23)(H,18,22). The molecule has 0 fully saturated rings. The highest BCUT2D eigenvalue weighted by atomic mass is 19.1. The summed E-state index contributed by atoms with van der Waals surface area (Å²) in [5, 5.41) is 19.8. The van der Waals surface area contributed by atoms with Crippen molar-refractivity contribution in [1.29, 1.82) is 0 Å². The van der Waals surface area contributed by atoms with Crippen molar-refractivity contribution in [3.05, 3.63) is 51.6 Å². The number of rotatable bonds is 6. The molecule has 132 valence electrons. The van der Waals surface area contributed by atoms with Crippen molar-refractivity contribution >= 4 is 23.2 Å². The largest absolute Gasteiger partial charge is 0.345 e. The first kappa shape index (κ1) is 18.0. The Labute approximate surface area is 142 Å². The van der Waals surface area contributed by atoms with Crippen LogP contribution in [-0.4, -0.2) is 33.1 Å². The second-order valence-corrected chi connectivity index (χ2v) is 5.27. The molecule has 2 rings (SSSR count). The summed E-state index contributed by atoms with van der Waals surface area (Å²) in [4.78, 5) is 34.0. The van der Waals surface area contributed by atoms with Gasteiger partial charge in [-0.25, -0.2) is 4.39 Å². The van der Waals surface area contributed by atoms with Crippen molar-refractivity contribution in [1.82, 2.24) is 15.1 Å². The van der Waals surface area contributed by atoms with Crippen LogP contribution in [0.2, 0.25) is 0 Å². The van der Waals surface area contributed by atoms with Gasteiger partial charge in [-0.05, 0) is 38.1 Å². The van der Waals surface area contributed by atoms with E-state index in [-0.39, 0.29) is 30.2 Å². The number of aryl methyl sites for hydroxylation is 1. The molecular weight excluding hydrogens is 333 g/mol. The molecule has 0 radical (unpaired) electrons. The minimum Gasteiger partial charge on any atom is -0.345 e. The Morgan fingerprint density at radius 1 is 1.24 bits per heavy atom. The Morgan fingerprint density at radius 3 is 2.44 bits per heavy atom. The second kappa shape index (κ2) is 7.51. The van der Waals surface area contributed by atoms with Crippen LogP contribution in [0.5, 0.6) is 0 Å². The fraction of sp³-hybridized carbons (Fsp3) is 0.267. The van der Waals surface area contributed by atoms with Crippen molar-refractivity contribution in [3.63, 3.8) is 0 Å². The number of nitrogens with one attached hydrogen (secondary N) is 2. The molecule has 1 heterocycles. The van der Waals surface area contributed by atoms with Gasteiger partial charge in [-0.3, -0.25) is 24.4 Å². The van der Waals surface area contributed by atoms with Gasteiger partial charge in [0.1, 0.15) is 23.7 Å². The van der Waals surface area contributed by atoms with Gasteiger partial charge in [0, 0.05) is 5.69 Å². The zero-order valence-electron chi connectivity index (χ0n) is 13.6. The highest BCUT2D eigenvalue weighted by molar-refractivity contribution is 5.94. The summed E-state index contributed by atoms with van der Waals surface area (Å²) in [6, 6.07) is 5.18. The van der Waals surface area contributed by atoms with E-state index in [0.29, 0.717) is 5.69 Å². The van der Waals surface area contributed by atoms with Gasteiger partial charge >= 0.3 is 5.69 Å². The van der Waals surface area contributed by atoms with Gasteiger partial charge in [-0.2, -0.15) is 5.10 Å². The Kier molecular flexibility index (Phi) is 5.42. The lowest BCUT2D eigenvalue weighted by atomic mass is 10.3. The number of benzene rings is 1. The molecular formula is C15H16FN5O4. The second-order valence-electron chi connectivity index (χ2n) is 5.27. The molecule has 0 saturated carbocycles. The van der Waals surface area contributed by atoms with Crippen LogP contribution in [0, 0.1) is 29.8 Å². The van der Waals surface area contributed by atoms with E-state index < -0.39 is 22.6 Å². The number of carbonyl (C=O) groups is 2. The molecule has 25 heavy (non-hydrogen) atoms. The molecule has 9 nitrogen and oxygen atoms in total. The van der Waals surface area contributed by atoms with E-state index in [4.69, 9.17) is 0 Å². The topological polar surface area (TPSA) is 119 Å². The lowest BCUT2D eigenvalue weighted by Gasteiger charge is -2.07. The monoisotopic (exact) mass is 349 g/mol. The van der Waals surface area contributed by atoms with E-state index in [0.717, 1.165) is 0 Å². The molecule has 0 aliphatic heterocycles. The van der Waals surface area contributed by atoms with E-state index in [1.165, 1.54) is 42.8 Å². The molecule has 0 saturated heterocycles. The Hall–Kier alpha value is -3.30. The first-order chi connectivity index (χ1) is 11.8. The molecule has 1 aromatic carbocycles. The first-order valence-corrected chi connectivity index (χ1v) is 7.28. The van der Waals surface area contributed by atoms with E-state index in [9.17, 15) is 24.1 Å². The van der Waals surface area contributed by atoms with E-state index in [1.54, 1.807) is 0 Å². The lowest BCUT2D eigenvalue weighted by molar-refractivity contribution is -0.386. The smallest absolute Gasteiger partial charge is 0.312 e. The molecule has 1 aromatic heterocycles. The van der Waals surface area contributed by atoms with Crippen LogP contribution in [0.3, 0.4) is 0 Å². The zero-order chi connectivity index (χ0) is 18.6. The quantitative estimate of drug-likeness (QED) is 0.602. The Bertz CT molecular complexity index is 816. The molecule has 0 spiro atoms. The molecule has 0 aliphatic rings. The third kappa shape index (κ3) is 4.59. The van der Waals surface area contributed by atoms with E-state index in [1.807, 2.05) is 0 Å². The van der Waals surface area contributed by atoms with Gasteiger partial charge in [0.15, 0.2) is 0 Å². The van der Waals surface area contributed by atoms with Crippen LogP contribution in [0.15, 0.2) is 24.3 Å². The highest BCUT2D eigenvalue weighted by Gasteiger charge is 2.22. The summed E-state index contributed by atoms with van der Waals surface area (Å²) in [6.07, 6.45) is 0. The summed E-state index contributed by atoms with van der Waals surface area (Å²) < 4.78 is 14.0. The van der Waals surface area contributed by atoms with Crippen LogP contribution in [-0.2, 0) is 16.1 Å². The molecule has 0 bridgehead atoms. The molecule has 2 N–H and O–H groups in total. The number of nitro groups is 1. The van der Waals surface area contributed by atoms with Crippen molar-refractivity contribution in [2.24, 2.45) is 0 Å². The minimum atomic E-state index is -0.553. The molecule has 2 amide bonds. The van der Waals surface area contributed by atoms with Crippen molar-refractivity contribution in [2.45, 2.75) is 20.4 Å². The minimum absolute atomic E-state index is 0.137. The van der Waals surface area contributed by atoms with Crippen LogP contribution in [0.25, 0.3) is 0 Å². The third-order valence-electron chi connectivity index (χ3n) is 3.39. The van der Waals surface area contributed by atoms with Crippen LogP contribution in [0.4, 0.5) is 15.8 Å². The maximum Gasteiger partial charge on any atom is 0.312 e. The lowest BCUT2D eigenvalue weighted by Crippen LogP contribution is -2.35. The normalized spacial score (nSPS) is 10.4. The number of carbonyl (C=O) groups excluding carboxylic acids is 2.